The summed E-state index contributed by atoms with van der Waals surface area (Å²) in [6, 6.07) is 0. The van der Waals surface area contributed by atoms with E-state index < -0.39 is 0 Å². The average Bonchev–Trinajstić information content (AvgIpc) is 2.33. The Morgan fingerprint density at radius 1 is 1.50 bits per heavy atom. The molecule has 4 heteroatoms. The highest BCUT2D eigenvalue weighted by Gasteiger charge is 2.07. The van der Waals surface area contributed by atoms with Gasteiger partial charge in [-0.1, -0.05) is 0 Å². The Hall–Kier alpha value is -0.960. The quantitative estimate of drug-likeness (QED) is 0.529. The van der Waals surface area contributed by atoms with Gasteiger partial charge in [0.2, 0.25) is 5.28 Å². The third-order valence-electron chi connectivity index (χ3n) is 1.33. The first kappa shape index (κ1) is 5.80. The van der Waals surface area contributed by atoms with E-state index in [1.807, 2.05) is 0 Å². The lowest BCUT2D eigenvalue weighted by atomic mass is 10.3. The second kappa shape index (κ2) is 2.02. The molecule has 50 valence electrons. The van der Waals surface area contributed by atoms with Crippen molar-refractivity contribution in [3.05, 3.63) is 17.2 Å². The monoisotopic (exact) mass is 153 g/mol. The first-order valence-corrected chi connectivity index (χ1v) is 3.28. The highest BCUT2D eigenvalue weighted by Crippen LogP contribution is 2.21. The van der Waals surface area contributed by atoms with E-state index in [9.17, 15) is 0 Å². The van der Waals surface area contributed by atoms with Gasteiger partial charge >= 0.3 is 0 Å². The molecule has 0 aromatic carbocycles. The molecule has 0 atom stereocenters. The van der Waals surface area contributed by atoms with Gasteiger partial charge in [0.15, 0.2) is 0 Å². The van der Waals surface area contributed by atoms with E-state index in [1.165, 1.54) is 0 Å². The van der Waals surface area contributed by atoms with Gasteiger partial charge in [-0.2, -0.15) is 0 Å². The SMILES string of the molecule is Clc1ncc2c(n1)CC=N2. The van der Waals surface area contributed by atoms with E-state index >= 15 is 0 Å². The number of nitrogens with zero attached hydrogens (tertiary/aromatic N) is 3. The molecule has 0 bridgehead atoms. The molecule has 2 heterocycles. The van der Waals surface area contributed by atoms with E-state index in [-0.39, 0.29) is 0 Å². The van der Waals surface area contributed by atoms with Crippen LogP contribution in [0.1, 0.15) is 5.69 Å². The van der Waals surface area contributed by atoms with Crippen molar-refractivity contribution in [2.24, 2.45) is 4.99 Å². The Morgan fingerprint density at radius 2 is 2.40 bits per heavy atom. The third-order valence-corrected chi connectivity index (χ3v) is 1.51. The Morgan fingerprint density at radius 3 is 3.30 bits per heavy atom. The fourth-order valence-electron chi connectivity index (χ4n) is 0.875. The molecule has 0 radical (unpaired) electrons. The van der Waals surface area contributed by atoms with Crippen LogP contribution >= 0.6 is 11.6 Å². The maximum Gasteiger partial charge on any atom is 0.222 e. The van der Waals surface area contributed by atoms with Crippen molar-refractivity contribution in [3.63, 3.8) is 0 Å². The van der Waals surface area contributed by atoms with Crippen LogP contribution in [-0.4, -0.2) is 16.2 Å². The zero-order valence-electron chi connectivity index (χ0n) is 5.08. The Balaban J connectivity index is 2.59. The molecule has 0 aliphatic carbocycles. The Bertz CT molecular complexity index is 295. The van der Waals surface area contributed by atoms with E-state index in [2.05, 4.69) is 15.0 Å². The normalized spacial score (nSPS) is 13.7. The van der Waals surface area contributed by atoms with Crippen molar-refractivity contribution in [2.75, 3.05) is 0 Å². The van der Waals surface area contributed by atoms with E-state index in [4.69, 9.17) is 11.6 Å². The van der Waals surface area contributed by atoms with Crippen molar-refractivity contribution < 1.29 is 0 Å². The second-order valence-corrected chi connectivity index (χ2v) is 2.32. The molecule has 1 aromatic rings. The van der Waals surface area contributed by atoms with Crippen LogP contribution in [0.3, 0.4) is 0 Å². The van der Waals surface area contributed by atoms with Gasteiger partial charge in [-0.15, -0.1) is 0 Å². The molecule has 0 unspecified atom stereocenters. The number of rotatable bonds is 0. The molecule has 1 aliphatic rings. The maximum atomic E-state index is 5.55. The molecule has 10 heavy (non-hydrogen) atoms. The fraction of sp³-hybridized carbons (Fsp3) is 0.167. The summed E-state index contributed by atoms with van der Waals surface area (Å²) in [6.07, 6.45) is 4.21. The van der Waals surface area contributed by atoms with Gasteiger partial charge in [-0.3, -0.25) is 4.99 Å². The molecule has 3 nitrogen and oxygen atoms in total. The van der Waals surface area contributed by atoms with Crippen molar-refractivity contribution in [1.29, 1.82) is 0 Å². The van der Waals surface area contributed by atoms with Crippen molar-refractivity contribution >= 4 is 23.5 Å². The van der Waals surface area contributed by atoms with Crippen LogP contribution in [0.4, 0.5) is 5.69 Å². The smallest absolute Gasteiger partial charge is 0.222 e. The van der Waals surface area contributed by atoms with Gasteiger partial charge in [0.1, 0.15) is 5.69 Å². The lowest BCUT2D eigenvalue weighted by Gasteiger charge is -1.93. The number of halogens is 1. The lowest BCUT2D eigenvalue weighted by molar-refractivity contribution is 1.09. The summed E-state index contributed by atoms with van der Waals surface area (Å²) < 4.78 is 0. The van der Waals surface area contributed by atoms with Crippen LogP contribution < -0.4 is 0 Å². The van der Waals surface area contributed by atoms with E-state index in [0.29, 0.717) is 5.28 Å². The van der Waals surface area contributed by atoms with Crippen molar-refractivity contribution in [3.8, 4) is 0 Å². The van der Waals surface area contributed by atoms with Crippen LogP contribution in [0.2, 0.25) is 5.28 Å². The average molecular weight is 154 g/mol. The zero-order chi connectivity index (χ0) is 6.97. The van der Waals surface area contributed by atoms with E-state index in [0.717, 1.165) is 17.8 Å². The van der Waals surface area contributed by atoms with Gasteiger partial charge in [0.05, 0.1) is 11.9 Å². The van der Waals surface area contributed by atoms with Crippen LogP contribution in [0.25, 0.3) is 0 Å². The van der Waals surface area contributed by atoms with Gasteiger partial charge in [0.25, 0.3) is 0 Å². The minimum atomic E-state index is 0.296. The van der Waals surface area contributed by atoms with Crippen LogP contribution in [0.15, 0.2) is 11.2 Å². The molecular weight excluding hydrogens is 150 g/mol. The summed E-state index contributed by atoms with van der Waals surface area (Å²) >= 11 is 5.55. The van der Waals surface area contributed by atoms with Crippen LogP contribution in [0.5, 0.6) is 0 Å². The molecule has 2 rings (SSSR count). The van der Waals surface area contributed by atoms with Gasteiger partial charge in [-0.25, -0.2) is 9.97 Å². The topological polar surface area (TPSA) is 38.1 Å². The maximum absolute atomic E-state index is 5.55. The highest BCUT2D eigenvalue weighted by molar-refractivity contribution is 6.28. The molecule has 0 fully saturated rings. The molecule has 0 spiro atoms. The Kier molecular flexibility index (Phi) is 1.17. The summed E-state index contributed by atoms with van der Waals surface area (Å²) in [7, 11) is 0. The first-order chi connectivity index (χ1) is 4.86. The predicted molar refractivity (Wildman–Crippen MR) is 38.9 cm³/mol. The standard InChI is InChI=1S/C6H4ClN3/c7-6-9-3-5-4(10-6)1-2-8-5/h2-3H,1H2. The van der Waals surface area contributed by atoms with E-state index in [1.54, 1.807) is 12.4 Å². The molecule has 0 saturated heterocycles. The number of hydrogen-bond donors (Lipinski definition) is 0. The first-order valence-electron chi connectivity index (χ1n) is 2.90. The summed E-state index contributed by atoms with van der Waals surface area (Å²) in [6.45, 7) is 0. The molecular formula is C6H4ClN3. The Labute approximate surface area is 62.8 Å². The summed E-state index contributed by atoms with van der Waals surface area (Å²) in [5, 5.41) is 0.296. The largest absolute Gasteiger partial charge is 0.257 e. The number of aromatic nitrogens is 2. The molecule has 0 N–H and O–H groups in total. The summed E-state index contributed by atoms with van der Waals surface area (Å²) in [5.74, 6) is 0. The van der Waals surface area contributed by atoms with Gasteiger partial charge in [0, 0.05) is 12.6 Å². The summed E-state index contributed by atoms with van der Waals surface area (Å²) in [5.41, 5.74) is 1.75. The second-order valence-electron chi connectivity index (χ2n) is 1.99. The van der Waals surface area contributed by atoms with Crippen LogP contribution in [-0.2, 0) is 6.42 Å². The fourth-order valence-corrected chi connectivity index (χ4v) is 1.03. The number of hydrogen-bond acceptors (Lipinski definition) is 3. The van der Waals surface area contributed by atoms with Gasteiger partial charge in [-0.05, 0) is 11.6 Å². The third kappa shape index (κ3) is 0.789. The minimum Gasteiger partial charge on any atom is -0.257 e. The summed E-state index contributed by atoms with van der Waals surface area (Å²) in [4.78, 5) is 11.8. The molecule has 1 aromatic heterocycles. The molecule has 0 amide bonds. The number of aliphatic imine (C=N–C) groups is 1. The zero-order valence-corrected chi connectivity index (χ0v) is 5.84. The molecule has 1 aliphatic heterocycles. The van der Waals surface area contributed by atoms with Crippen LogP contribution in [0, 0.1) is 0 Å². The number of fused-ring (bicyclic) bond motifs is 1. The van der Waals surface area contributed by atoms with Gasteiger partial charge < -0.3 is 0 Å². The molecule has 0 saturated carbocycles. The minimum absolute atomic E-state index is 0.296. The van der Waals surface area contributed by atoms with Crippen molar-refractivity contribution in [2.45, 2.75) is 6.42 Å². The predicted octanol–water partition coefficient (Wildman–Crippen LogP) is 1.39. The lowest BCUT2D eigenvalue weighted by Crippen LogP contribution is -1.87. The highest BCUT2D eigenvalue weighted by atomic mass is 35.5. The van der Waals surface area contributed by atoms with Crippen molar-refractivity contribution in [1.82, 2.24) is 9.97 Å².